The molecule has 3 aromatic rings. The van der Waals surface area contributed by atoms with E-state index in [1.807, 2.05) is 4.90 Å². The minimum Gasteiger partial charge on any atom is -0.491 e. The van der Waals surface area contributed by atoms with E-state index in [1.165, 1.54) is 12.1 Å². The smallest absolute Gasteiger partial charge is 0.417 e. The van der Waals surface area contributed by atoms with Gasteiger partial charge in [0.2, 0.25) is 5.79 Å². The molecule has 2 aromatic carbocycles. The van der Waals surface area contributed by atoms with E-state index in [4.69, 9.17) is 21.4 Å². The van der Waals surface area contributed by atoms with Crippen LogP contribution in [0.4, 0.5) is 23.2 Å². The first-order chi connectivity index (χ1) is 18.0. The number of aliphatic hydroxyl groups is 3. The second kappa shape index (κ2) is 11.4. The van der Waals surface area contributed by atoms with Crippen molar-refractivity contribution in [1.29, 1.82) is 0 Å². The zero-order valence-corrected chi connectivity index (χ0v) is 20.8. The molecule has 2 heterocycles. The predicted octanol–water partition coefficient (Wildman–Crippen LogP) is 3.96. The van der Waals surface area contributed by atoms with Crippen molar-refractivity contribution in [3.63, 3.8) is 0 Å². The molecule has 0 bridgehead atoms. The van der Waals surface area contributed by atoms with Gasteiger partial charge in [0, 0.05) is 31.9 Å². The topological polar surface area (TPSA) is 89.3 Å². The number of nitrogens with zero attached hydrogens (tertiary/aromatic N) is 3. The van der Waals surface area contributed by atoms with Crippen LogP contribution in [0.3, 0.4) is 0 Å². The van der Waals surface area contributed by atoms with Gasteiger partial charge in [-0.3, -0.25) is 9.88 Å². The Hall–Kier alpha value is -2.96. The molecule has 1 saturated heterocycles. The van der Waals surface area contributed by atoms with Crippen LogP contribution < -0.4 is 9.64 Å². The lowest BCUT2D eigenvalue weighted by atomic mass is 10.00. The molecule has 1 fully saturated rings. The maximum Gasteiger partial charge on any atom is 0.417 e. The summed E-state index contributed by atoms with van der Waals surface area (Å²) < 4.78 is 57.7. The Morgan fingerprint density at radius 1 is 1.03 bits per heavy atom. The molecule has 0 spiro atoms. The van der Waals surface area contributed by atoms with E-state index in [0.717, 1.165) is 17.7 Å². The van der Waals surface area contributed by atoms with Crippen molar-refractivity contribution in [3.05, 3.63) is 88.5 Å². The Bertz CT molecular complexity index is 1230. The van der Waals surface area contributed by atoms with Gasteiger partial charge in [0.05, 0.1) is 35.5 Å². The molecule has 0 amide bonds. The summed E-state index contributed by atoms with van der Waals surface area (Å²) in [6, 6.07) is 12.4. The van der Waals surface area contributed by atoms with Crippen LogP contribution in [0.15, 0.2) is 60.8 Å². The molecule has 12 heteroatoms. The number of pyridine rings is 1. The van der Waals surface area contributed by atoms with Gasteiger partial charge in [-0.2, -0.15) is 13.2 Å². The highest BCUT2D eigenvalue weighted by molar-refractivity contribution is 6.33. The molecule has 204 valence electrons. The normalized spacial score (nSPS) is 17.1. The average molecular weight is 556 g/mol. The quantitative estimate of drug-likeness (QED) is 0.286. The van der Waals surface area contributed by atoms with Crippen LogP contribution in [-0.4, -0.2) is 64.6 Å². The van der Waals surface area contributed by atoms with Crippen LogP contribution >= 0.6 is 11.6 Å². The fourth-order valence-corrected chi connectivity index (χ4v) is 4.69. The monoisotopic (exact) mass is 555 g/mol. The van der Waals surface area contributed by atoms with E-state index >= 15 is 0 Å². The van der Waals surface area contributed by atoms with E-state index in [1.54, 1.807) is 35.2 Å². The summed E-state index contributed by atoms with van der Waals surface area (Å²) >= 11 is 6.56. The number of rotatable bonds is 8. The van der Waals surface area contributed by atoms with Crippen molar-refractivity contribution >= 4 is 17.3 Å². The zero-order chi connectivity index (χ0) is 27.5. The summed E-state index contributed by atoms with van der Waals surface area (Å²) in [5, 5.41) is 30.8. The van der Waals surface area contributed by atoms with Gasteiger partial charge in [0.15, 0.2) is 0 Å². The van der Waals surface area contributed by atoms with E-state index < -0.39 is 23.3 Å². The Labute approximate surface area is 221 Å². The molecule has 0 aliphatic carbocycles. The second-order valence-corrected chi connectivity index (χ2v) is 9.33. The lowest BCUT2D eigenvalue weighted by molar-refractivity contribution is -0.187. The van der Waals surface area contributed by atoms with Crippen LogP contribution in [0.5, 0.6) is 5.75 Å². The van der Waals surface area contributed by atoms with E-state index in [-0.39, 0.29) is 38.0 Å². The van der Waals surface area contributed by atoms with Gasteiger partial charge < -0.3 is 25.0 Å². The lowest BCUT2D eigenvalue weighted by Gasteiger charge is -2.44. The molecule has 1 aliphatic rings. The fraction of sp³-hybridized carbons (Fsp3) is 0.346. The van der Waals surface area contributed by atoms with E-state index in [9.17, 15) is 27.8 Å². The summed E-state index contributed by atoms with van der Waals surface area (Å²) in [7, 11) is 0. The molecule has 1 atom stereocenters. The molecule has 0 saturated carbocycles. The maximum atomic E-state index is 13.7. The Morgan fingerprint density at radius 3 is 2.37 bits per heavy atom. The number of benzene rings is 2. The van der Waals surface area contributed by atoms with Crippen molar-refractivity contribution < 1.29 is 37.6 Å². The Morgan fingerprint density at radius 2 is 1.76 bits per heavy atom. The van der Waals surface area contributed by atoms with E-state index in [0.29, 0.717) is 35.7 Å². The second-order valence-electron chi connectivity index (χ2n) is 8.93. The first-order valence-electron chi connectivity index (χ1n) is 11.7. The summed E-state index contributed by atoms with van der Waals surface area (Å²) in [4.78, 5) is 7.38. The number of alkyl halides is 3. The van der Waals surface area contributed by atoms with Crippen molar-refractivity contribution in [3.8, 4) is 5.75 Å². The van der Waals surface area contributed by atoms with Crippen molar-refractivity contribution in [2.24, 2.45) is 0 Å². The maximum absolute atomic E-state index is 13.7. The molecular weight excluding hydrogens is 530 g/mol. The zero-order valence-electron chi connectivity index (χ0n) is 20.1. The minimum absolute atomic E-state index is 0.115. The number of hydrogen-bond donors (Lipinski definition) is 3. The van der Waals surface area contributed by atoms with Crippen molar-refractivity contribution in [1.82, 2.24) is 9.88 Å². The van der Waals surface area contributed by atoms with Crippen molar-refractivity contribution in [2.75, 3.05) is 44.3 Å². The van der Waals surface area contributed by atoms with Crippen molar-refractivity contribution in [2.45, 2.75) is 18.0 Å². The lowest BCUT2D eigenvalue weighted by Crippen LogP contribution is -2.52. The Kier molecular flexibility index (Phi) is 8.43. The highest BCUT2D eigenvalue weighted by Gasteiger charge is 2.37. The molecule has 0 unspecified atom stereocenters. The molecule has 4 rings (SSSR count). The number of ether oxygens (including phenoxy) is 1. The van der Waals surface area contributed by atoms with Gasteiger partial charge in [-0.05, 0) is 42.0 Å². The molecular formula is C26H26ClF4N3O4. The highest BCUT2D eigenvalue weighted by atomic mass is 35.5. The third-order valence-electron chi connectivity index (χ3n) is 6.25. The molecule has 3 N–H and O–H groups in total. The third kappa shape index (κ3) is 6.54. The number of piperazine rings is 1. The molecule has 1 aliphatic heterocycles. The van der Waals surface area contributed by atoms with Crippen LogP contribution in [0, 0.1) is 5.82 Å². The van der Waals surface area contributed by atoms with Gasteiger partial charge in [-0.15, -0.1) is 0 Å². The highest BCUT2D eigenvalue weighted by Crippen LogP contribution is 2.38. The third-order valence-corrected chi connectivity index (χ3v) is 6.56. The van der Waals surface area contributed by atoms with Gasteiger partial charge in [0.1, 0.15) is 23.9 Å². The van der Waals surface area contributed by atoms with Crippen LogP contribution in [0.25, 0.3) is 0 Å². The molecule has 7 nitrogen and oxygen atoms in total. The van der Waals surface area contributed by atoms with E-state index in [2.05, 4.69) is 4.98 Å². The number of anilines is 1. The summed E-state index contributed by atoms with van der Waals surface area (Å²) in [6.07, 6.45) is -4.03. The summed E-state index contributed by atoms with van der Waals surface area (Å²) in [6.45, 7) is 0.680. The minimum atomic E-state index is -4.59. The van der Waals surface area contributed by atoms with Gasteiger partial charge in [-0.1, -0.05) is 23.7 Å². The van der Waals surface area contributed by atoms with Gasteiger partial charge >= 0.3 is 6.18 Å². The standard InChI is InChI=1S/C26H26ClF4N3O4/c27-21-13-20(38-12-11-35)6-7-22(21)34-10-9-33(15-23(34)17-1-4-19(28)5-2-17)16-25(36,37)24-8-3-18(14-32-24)26(29,30)31/h1-8,13-14,23,35-37H,9-12,15-16H2/t23-/m0/s1. The first kappa shape index (κ1) is 28.1. The fourth-order valence-electron chi connectivity index (χ4n) is 4.41. The number of hydrogen-bond acceptors (Lipinski definition) is 7. The molecule has 38 heavy (non-hydrogen) atoms. The number of aromatic nitrogens is 1. The summed E-state index contributed by atoms with van der Waals surface area (Å²) in [5.74, 6) is -2.43. The number of aliphatic hydroxyl groups excluding tert-OH is 1. The molecule has 0 radical (unpaired) electrons. The first-order valence-corrected chi connectivity index (χ1v) is 12.1. The van der Waals surface area contributed by atoms with Crippen LogP contribution in [-0.2, 0) is 12.0 Å². The number of β-amino-alcohol motifs (C(OH)–C–C–N with tert-alkyl or cyclic N) is 2. The SMILES string of the molecule is OCCOc1ccc(N2CCN(CC(O)(O)c3ccc(C(F)(F)F)cn3)C[C@H]2c2ccc(F)cc2)c(Cl)c1. The largest absolute Gasteiger partial charge is 0.491 e. The average Bonchev–Trinajstić information content (AvgIpc) is 2.87. The summed E-state index contributed by atoms with van der Waals surface area (Å²) in [5.41, 5.74) is 0.127. The van der Waals surface area contributed by atoms with Crippen LogP contribution in [0.2, 0.25) is 5.02 Å². The number of halogens is 5. The molecule has 1 aromatic heterocycles. The predicted molar refractivity (Wildman–Crippen MR) is 132 cm³/mol. The van der Waals surface area contributed by atoms with Gasteiger partial charge in [-0.25, -0.2) is 4.39 Å². The van der Waals surface area contributed by atoms with Crippen LogP contribution in [0.1, 0.15) is 22.9 Å². The van der Waals surface area contributed by atoms with Gasteiger partial charge in [0.25, 0.3) is 0 Å². The Balaban J connectivity index is 1.57.